The van der Waals surface area contributed by atoms with Crippen LogP contribution in [0.3, 0.4) is 0 Å². The molecule has 0 saturated heterocycles. The van der Waals surface area contributed by atoms with Crippen molar-refractivity contribution in [1.82, 2.24) is 14.8 Å². The first-order valence-electron chi connectivity index (χ1n) is 6.06. The van der Waals surface area contributed by atoms with Gasteiger partial charge >= 0.3 is 0 Å². The zero-order chi connectivity index (χ0) is 12.5. The smallest absolute Gasteiger partial charge is 0.261 e. The van der Waals surface area contributed by atoms with Gasteiger partial charge in [0.1, 0.15) is 0 Å². The van der Waals surface area contributed by atoms with E-state index in [4.69, 9.17) is 5.73 Å². The standard InChI is InChI=1S/C12H14N4OS/c13-12-15-14-10(18-12)9-6-3-7-16(11(9)17)8-4-1-2-5-8/h3,6-8H,1-2,4-5H2,(H2,13,15). The molecule has 1 aliphatic rings. The Morgan fingerprint density at radius 2 is 2.11 bits per heavy atom. The number of hydrogen-bond acceptors (Lipinski definition) is 5. The fraction of sp³-hybridized carbons (Fsp3) is 0.417. The van der Waals surface area contributed by atoms with Crippen LogP contribution in [0, 0.1) is 0 Å². The summed E-state index contributed by atoms with van der Waals surface area (Å²) < 4.78 is 1.83. The lowest BCUT2D eigenvalue weighted by Gasteiger charge is -2.13. The van der Waals surface area contributed by atoms with Gasteiger partial charge in [-0.3, -0.25) is 4.79 Å². The molecule has 0 unspecified atom stereocenters. The molecule has 1 saturated carbocycles. The average Bonchev–Trinajstić information content (AvgIpc) is 3.00. The molecule has 1 fully saturated rings. The van der Waals surface area contributed by atoms with E-state index in [0.717, 1.165) is 12.8 Å². The Labute approximate surface area is 108 Å². The Balaban J connectivity index is 2.06. The van der Waals surface area contributed by atoms with Gasteiger partial charge < -0.3 is 10.3 Å². The van der Waals surface area contributed by atoms with Crippen molar-refractivity contribution in [2.75, 3.05) is 5.73 Å². The summed E-state index contributed by atoms with van der Waals surface area (Å²) >= 11 is 1.25. The highest BCUT2D eigenvalue weighted by Crippen LogP contribution is 2.29. The fourth-order valence-electron chi connectivity index (χ4n) is 2.49. The lowest BCUT2D eigenvalue weighted by atomic mass is 10.2. The maximum atomic E-state index is 12.4. The van der Waals surface area contributed by atoms with Crippen molar-refractivity contribution in [2.45, 2.75) is 31.7 Å². The van der Waals surface area contributed by atoms with E-state index < -0.39 is 0 Å². The van der Waals surface area contributed by atoms with Crippen molar-refractivity contribution < 1.29 is 0 Å². The van der Waals surface area contributed by atoms with Gasteiger partial charge in [-0.2, -0.15) is 0 Å². The number of nitrogens with two attached hydrogens (primary N) is 1. The molecule has 0 aromatic carbocycles. The van der Waals surface area contributed by atoms with Gasteiger partial charge in [0.25, 0.3) is 5.56 Å². The molecule has 0 amide bonds. The largest absolute Gasteiger partial charge is 0.374 e. The molecule has 94 valence electrons. The van der Waals surface area contributed by atoms with Gasteiger partial charge in [0, 0.05) is 12.2 Å². The molecule has 18 heavy (non-hydrogen) atoms. The molecule has 2 aromatic heterocycles. The minimum absolute atomic E-state index is 0.0144. The van der Waals surface area contributed by atoms with E-state index in [2.05, 4.69) is 10.2 Å². The Bertz CT molecular complexity index is 613. The van der Waals surface area contributed by atoms with Gasteiger partial charge in [-0.25, -0.2) is 0 Å². The van der Waals surface area contributed by atoms with Crippen LogP contribution in [-0.2, 0) is 0 Å². The van der Waals surface area contributed by atoms with Gasteiger partial charge in [-0.15, -0.1) is 10.2 Å². The van der Waals surface area contributed by atoms with Crippen LogP contribution >= 0.6 is 11.3 Å². The maximum absolute atomic E-state index is 12.4. The van der Waals surface area contributed by atoms with E-state index in [-0.39, 0.29) is 5.56 Å². The summed E-state index contributed by atoms with van der Waals surface area (Å²) in [6, 6.07) is 4.02. The molecule has 0 bridgehead atoms. The molecular weight excluding hydrogens is 248 g/mol. The lowest BCUT2D eigenvalue weighted by Crippen LogP contribution is -2.23. The van der Waals surface area contributed by atoms with E-state index in [1.54, 1.807) is 6.07 Å². The quantitative estimate of drug-likeness (QED) is 0.899. The number of hydrogen-bond donors (Lipinski definition) is 1. The second-order valence-corrected chi connectivity index (χ2v) is 5.53. The molecule has 2 N–H and O–H groups in total. The summed E-state index contributed by atoms with van der Waals surface area (Å²) in [5, 5.41) is 8.70. The SMILES string of the molecule is Nc1nnc(-c2cccn(C3CCCC3)c2=O)s1. The third-order valence-corrected chi connectivity index (χ3v) is 4.15. The van der Waals surface area contributed by atoms with Crippen molar-refractivity contribution >= 4 is 16.5 Å². The molecule has 0 atom stereocenters. The predicted octanol–water partition coefficient (Wildman–Crippen LogP) is 2.06. The van der Waals surface area contributed by atoms with Crippen molar-refractivity contribution in [2.24, 2.45) is 0 Å². The Morgan fingerprint density at radius 3 is 2.78 bits per heavy atom. The molecule has 1 aliphatic carbocycles. The first kappa shape index (κ1) is 11.4. The van der Waals surface area contributed by atoms with E-state index in [0.29, 0.717) is 21.7 Å². The van der Waals surface area contributed by atoms with Crippen LogP contribution in [0.5, 0.6) is 0 Å². The minimum Gasteiger partial charge on any atom is -0.374 e. The molecule has 0 aliphatic heterocycles. The molecule has 6 heteroatoms. The van der Waals surface area contributed by atoms with Crippen LogP contribution in [0.25, 0.3) is 10.6 Å². The highest BCUT2D eigenvalue weighted by atomic mass is 32.1. The number of aromatic nitrogens is 3. The van der Waals surface area contributed by atoms with Crippen LogP contribution in [0.2, 0.25) is 0 Å². The van der Waals surface area contributed by atoms with Crippen LogP contribution in [0.1, 0.15) is 31.7 Å². The zero-order valence-electron chi connectivity index (χ0n) is 9.87. The first-order chi connectivity index (χ1) is 8.75. The fourth-order valence-corrected chi connectivity index (χ4v) is 3.11. The zero-order valence-corrected chi connectivity index (χ0v) is 10.7. The lowest BCUT2D eigenvalue weighted by molar-refractivity contribution is 0.503. The maximum Gasteiger partial charge on any atom is 0.261 e. The number of rotatable bonds is 2. The molecular formula is C12H14N4OS. The number of anilines is 1. The summed E-state index contributed by atoms with van der Waals surface area (Å²) in [4.78, 5) is 12.4. The third kappa shape index (κ3) is 1.92. The monoisotopic (exact) mass is 262 g/mol. The molecule has 2 heterocycles. The van der Waals surface area contributed by atoms with Crippen LogP contribution in [-0.4, -0.2) is 14.8 Å². The highest BCUT2D eigenvalue weighted by molar-refractivity contribution is 7.18. The summed E-state index contributed by atoms with van der Waals surface area (Å²) in [5.41, 5.74) is 6.17. The molecule has 5 nitrogen and oxygen atoms in total. The van der Waals surface area contributed by atoms with Gasteiger partial charge in [-0.05, 0) is 25.0 Å². The number of nitrogen functional groups attached to an aromatic ring is 1. The topological polar surface area (TPSA) is 73.8 Å². The van der Waals surface area contributed by atoms with Crippen LogP contribution in [0.15, 0.2) is 23.1 Å². The third-order valence-electron chi connectivity index (χ3n) is 3.36. The Morgan fingerprint density at radius 1 is 1.33 bits per heavy atom. The van der Waals surface area contributed by atoms with Crippen molar-refractivity contribution in [3.05, 3.63) is 28.7 Å². The van der Waals surface area contributed by atoms with Gasteiger partial charge in [0.2, 0.25) is 5.13 Å². The van der Waals surface area contributed by atoms with Gasteiger partial charge in [0.15, 0.2) is 5.01 Å². The molecule has 0 spiro atoms. The number of pyridine rings is 1. The van der Waals surface area contributed by atoms with Crippen LogP contribution in [0.4, 0.5) is 5.13 Å². The minimum atomic E-state index is 0.0144. The Hall–Kier alpha value is -1.69. The van der Waals surface area contributed by atoms with Gasteiger partial charge in [0.05, 0.1) is 5.56 Å². The Kier molecular flexibility index (Phi) is 2.87. The average molecular weight is 262 g/mol. The van der Waals surface area contributed by atoms with Gasteiger partial charge in [-0.1, -0.05) is 24.2 Å². The molecule has 3 rings (SSSR count). The van der Waals surface area contributed by atoms with E-state index in [1.165, 1.54) is 24.2 Å². The summed E-state index contributed by atoms with van der Waals surface area (Å²) in [6.45, 7) is 0. The predicted molar refractivity (Wildman–Crippen MR) is 71.5 cm³/mol. The summed E-state index contributed by atoms with van der Waals surface area (Å²) in [7, 11) is 0. The van der Waals surface area contributed by atoms with Crippen molar-refractivity contribution in [1.29, 1.82) is 0 Å². The first-order valence-corrected chi connectivity index (χ1v) is 6.88. The summed E-state index contributed by atoms with van der Waals surface area (Å²) in [6.07, 6.45) is 6.44. The second kappa shape index (κ2) is 4.53. The van der Waals surface area contributed by atoms with E-state index >= 15 is 0 Å². The molecule has 2 aromatic rings. The highest BCUT2D eigenvalue weighted by Gasteiger charge is 2.19. The van der Waals surface area contributed by atoms with Crippen LogP contribution < -0.4 is 11.3 Å². The number of nitrogens with zero attached hydrogens (tertiary/aromatic N) is 3. The second-order valence-electron chi connectivity index (χ2n) is 4.52. The van der Waals surface area contributed by atoms with Crippen molar-refractivity contribution in [3.8, 4) is 10.6 Å². The van der Waals surface area contributed by atoms with E-state index in [1.807, 2.05) is 16.8 Å². The molecule has 0 radical (unpaired) electrons. The normalized spacial score (nSPS) is 16.2. The summed E-state index contributed by atoms with van der Waals surface area (Å²) in [5.74, 6) is 0. The van der Waals surface area contributed by atoms with E-state index in [9.17, 15) is 4.79 Å². The van der Waals surface area contributed by atoms with Crippen molar-refractivity contribution in [3.63, 3.8) is 0 Å².